The molecule has 0 aliphatic carbocycles. The highest BCUT2D eigenvalue weighted by Crippen LogP contribution is 2.22. The molecule has 7 nitrogen and oxygen atoms in total. The Morgan fingerprint density at radius 2 is 2.04 bits per heavy atom. The predicted octanol–water partition coefficient (Wildman–Crippen LogP) is 2.19. The Kier molecular flexibility index (Phi) is 5.25. The van der Waals surface area contributed by atoms with Crippen LogP contribution in [0.4, 0.5) is 0 Å². The van der Waals surface area contributed by atoms with E-state index >= 15 is 0 Å². The summed E-state index contributed by atoms with van der Waals surface area (Å²) in [7, 11) is 0. The van der Waals surface area contributed by atoms with E-state index in [1.165, 1.54) is 0 Å². The number of aromatic nitrogens is 1. The molecule has 3 rings (SSSR count). The van der Waals surface area contributed by atoms with E-state index in [4.69, 9.17) is 14.6 Å². The molecule has 1 aliphatic heterocycles. The third kappa shape index (κ3) is 4.33. The van der Waals surface area contributed by atoms with E-state index in [9.17, 15) is 9.59 Å². The number of rotatable bonds is 5. The van der Waals surface area contributed by atoms with Gasteiger partial charge in [0.05, 0.1) is 31.9 Å². The molecule has 0 saturated carbocycles. The predicted molar refractivity (Wildman–Crippen MR) is 88.6 cm³/mol. The fourth-order valence-corrected chi connectivity index (χ4v) is 2.67. The van der Waals surface area contributed by atoms with E-state index in [0.717, 1.165) is 0 Å². The molecule has 7 heteroatoms. The Bertz CT molecular complexity index is 733. The zero-order valence-electron chi connectivity index (χ0n) is 13.5. The number of carboxylic acid groups (broad SMARTS) is 1. The van der Waals surface area contributed by atoms with Crippen molar-refractivity contribution in [3.8, 4) is 11.5 Å². The van der Waals surface area contributed by atoms with E-state index < -0.39 is 12.0 Å². The van der Waals surface area contributed by atoms with Gasteiger partial charge in [0.1, 0.15) is 11.5 Å². The number of carboxylic acids is 1. The highest BCUT2D eigenvalue weighted by Gasteiger charge is 2.29. The fraction of sp³-hybridized carbons (Fsp3) is 0.278. The average Bonchev–Trinajstić information content (AvgIpc) is 2.63. The lowest BCUT2D eigenvalue weighted by Crippen LogP contribution is -2.49. The molecule has 1 atom stereocenters. The highest BCUT2D eigenvalue weighted by atomic mass is 16.5. The van der Waals surface area contributed by atoms with Gasteiger partial charge in [0.2, 0.25) is 0 Å². The van der Waals surface area contributed by atoms with Crippen LogP contribution in [0.5, 0.6) is 11.5 Å². The van der Waals surface area contributed by atoms with Crippen molar-refractivity contribution in [2.75, 3.05) is 19.8 Å². The van der Waals surface area contributed by atoms with Gasteiger partial charge in [-0.15, -0.1) is 0 Å². The van der Waals surface area contributed by atoms with Crippen LogP contribution in [-0.4, -0.2) is 52.7 Å². The SMILES string of the molecule is O=C(O)C[C@@H]1COCCN1C(=O)c1ccc(Oc2cccnc2)cc1. The van der Waals surface area contributed by atoms with E-state index in [0.29, 0.717) is 30.2 Å². The Hall–Kier alpha value is -2.93. The maximum Gasteiger partial charge on any atom is 0.305 e. The van der Waals surface area contributed by atoms with Crippen molar-refractivity contribution in [3.05, 3.63) is 54.4 Å². The van der Waals surface area contributed by atoms with Crippen molar-refractivity contribution in [3.63, 3.8) is 0 Å². The molecular formula is C18H18N2O5. The number of hydrogen-bond acceptors (Lipinski definition) is 5. The Morgan fingerprint density at radius 3 is 2.72 bits per heavy atom. The van der Waals surface area contributed by atoms with Gasteiger partial charge >= 0.3 is 5.97 Å². The summed E-state index contributed by atoms with van der Waals surface area (Å²) < 4.78 is 10.9. The summed E-state index contributed by atoms with van der Waals surface area (Å²) >= 11 is 0. The number of benzene rings is 1. The molecule has 0 spiro atoms. The quantitative estimate of drug-likeness (QED) is 0.896. The van der Waals surface area contributed by atoms with Gasteiger partial charge in [-0.05, 0) is 36.4 Å². The van der Waals surface area contributed by atoms with Crippen LogP contribution in [0.3, 0.4) is 0 Å². The summed E-state index contributed by atoms with van der Waals surface area (Å²) in [5, 5.41) is 9.00. The molecule has 1 aromatic carbocycles. The van der Waals surface area contributed by atoms with Gasteiger partial charge in [0, 0.05) is 18.3 Å². The number of carbonyl (C=O) groups is 2. The van der Waals surface area contributed by atoms with Crippen LogP contribution < -0.4 is 4.74 Å². The van der Waals surface area contributed by atoms with Crippen LogP contribution in [0.25, 0.3) is 0 Å². The molecule has 1 N–H and O–H groups in total. The van der Waals surface area contributed by atoms with Gasteiger partial charge in [-0.3, -0.25) is 14.6 Å². The monoisotopic (exact) mass is 342 g/mol. The molecule has 25 heavy (non-hydrogen) atoms. The van der Waals surface area contributed by atoms with E-state index in [2.05, 4.69) is 4.98 Å². The lowest BCUT2D eigenvalue weighted by molar-refractivity contribution is -0.139. The van der Waals surface area contributed by atoms with Gasteiger partial charge in [-0.1, -0.05) is 0 Å². The molecule has 2 aromatic rings. The number of morpholine rings is 1. The van der Waals surface area contributed by atoms with Crippen molar-refractivity contribution in [1.82, 2.24) is 9.88 Å². The van der Waals surface area contributed by atoms with Crippen LogP contribution in [0.15, 0.2) is 48.8 Å². The molecule has 1 fully saturated rings. The third-order valence-electron chi connectivity index (χ3n) is 3.87. The number of amides is 1. The third-order valence-corrected chi connectivity index (χ3v) is 3.87. The van der Waals surface area contributed by atoms with E-state index in [-0.39, 0.29) is 18.9 Å². The molecule has 0 radical (unpaired) electrons. The van der Waals surface area contributed by atoms with Gasteiger partial charge < -0.3 is 19.5 Å². The fourth-order valence-electron chi connectivity index (χ4n) is 2.67. The maximum absolute atomic E-state index is 12.7. The van der Waals surface area contributed by atoms with Crippen LogP contribution in [0.2, 0.25) is 0 Å². The summed E-state index contributed by atoms with van der Waals surface area (Å²) in [6.45, 7) is 1.02. The van der Waals surface area contributed by atoms with Crippen LogP contribution in [0.1, 0.15) is 16.8 Å². The molecule has 1 amide bonds. The highest BCUT2D eigenvalue weighted by molar-refractivity contribution is 5.94. The molecule has 1 aromatic heterocycles. The van der Waals surface area contributed by atoms with Gasteiger partial charge in [-0.2, -0.15) is 0 Å². The maximum atomic E-state index is 12.7. The van der Waals surface area contributed by atoms with Crippen molar-refractivity contribution >= 4 is 11.9 Å². The van der Waals surface area contributed by atoms with Gasteiger partial charge in [0.15, 0.2) is 0 Å². The molecule has 1 saturated heterocycles. The normalized spacial score (nSPS) is 17.1. The molecule has 130 valence electrons. The summed E-state index contributed by atoms with van der Waals surface area (Å²) in [6, 6.07) is 9.84. The lowest BCUT2D eigenvalue weighted by atomic mass is 10.1. The first-order valence-electron chi connectivity index (χ1n) is 7.92. The van der Waals surface area contributed by atoms with Crippen LogP contribution >= 0.6 is 0 Å². The van der Waals surface area contributed by atoms with Gasteiger partial charge in [-0.25, -0.2) is 0 Å². The summed E-state index contributed by atoms with van der Waals surface area (Å²) in [5.74, 6) is 0.0425. The first-order chi connectivity index (χ1) is 12.1. The number of nitrogens with zero attached hydrogens (tertiary/aromatic N) is 2. The molecule has 1 aliphatic rings. The zero-order chi connectivity index (χ0) is 17.6. The summed E-state index contributed by atoms with van der Waals surface area (Å²) in [4.78, 5) is 29.2. The second-order valence-corrected chi connectivity index (χ2v) is 5.64. The van der Waals surface area contributed by atoms with Crippen LogP contribution in [0, 0.1) is 0 Å². The van der Waals surface area contributed by atoms with Crippen LogP contribution in [-0.2, 0) is 9.53 Å². The number of pyridine rings is 1. The Morgan fingerprint density at radius 1 is 1.24 bits per heavy atom. The largest absolute Gasteiger partial charge is 0.481 e. The van der Waals surface area contributed by atoms with Crippen molar-refractivity contribution in [2.24, 2.45) is 0 Å². The van der Waals surface area contributed by atoms with Gasteiger partial charge in [0.25, 0.3) is 5.91 Å². The average molecular weight is 342 g/mol. The number of hydrogen-bond donors (Lipinski definition) is 1. The minimum Gasteiger partial charge on any atom is -0.481 e. The molecule has 2 heterocycles. The number of ether oxygens (including phenoxy) is 2. The second-order valence-electron chi connectivity index (χ2n) is 5.64. The smallest absolute Gasteiger partial charge is 0.305 e. The zero-order valence-corrected chi connectivity index (χ0v) is 13.5. The molecular weight excluding hydrogens is 324 g/mol. The van der Waals surface area contributed by atoms with Crippen molar-refractivity contribution < 1.29 is 24.2 Å². The van der Waals surface area contributed by atoms with Crippen molar-refractivity contribution in [1.29, 1.82) is 0 Å². The van der Waals surface area contributed by atoms with E-state index in [1.54, 1.807) is 53.7 Å². The first kappa shape index (κ1) is 16.9. The van der Waals surface area contributed by atoms with Crippen molar-refractivity contribution in [2.45, 2.75) is 12.5 Å². The van der Waals surface area contributed by atoms with E-state index in [1.807, 2.05) is 0 Å². The topological polar surface area (TPSA) is 89.0 Å². The number of carbonyl (C=O) groups excluding carboxylic acids is 1. The second kappa shape index (κ2) is 7.76. The Labute approximate surface area is 144 Å². The molecule has 0 bridgehead atoms. The minimum absolute atomic E-state index is 0.131. The summed E-state index contributed by atoms with van der Waals surface area (Å²) in [6.07, 6.45) is 3.13. The number of aliphatic carboxylic acids is 1. The standard InChI is InChI=1S/C18H18N2O5/c21-17(22)10-14-12-24-9-8-20(14)18(23)13-3-5-15(6-4-13)25-16-2-1-7-19-11-16/h1-7,11,14H,8-10,12H2,(H,21,22)/t14-/m1/s1. The lowest BCUT2D eigenvalue weighted by Gasteiger charge is -2.34. The molecule has 0 unspecified atom stereocenters. The first-order valence-corrected chi connectivity index (χ1v) is 7.92. The summed E-state index contributed by atoms with van der Waals surface area (Å²) in [5.41, 5.74) is 0.482. The minimum atomic E-state index is -0.950. The Balaban J connectivity index is 1.70.